The summed E-state index contributed by atoms with van der Waals surface area (Å²) in [5.74, 6) is 0.385. The number of aromatic nitrogens is 2. The number of aryl methyl sites for hydroxylation is 2. The zero-order valence-electron chi connectivity index (χ0n) is 16.7. The Labute approximate surface area is 156 Å². The molecular formula is C20H32N4O2. The number of rotatable bonds is 4. The summed E-state index contributed by atoms with van der Waals surface area (Å²) in [6.07, 6.45) is 5.80. The second-order valence-corrected chi connectivity index (χ2v) is 8.17. The minimum Gasteiger partial charge on any atom is -0.342 e. The van der Waals surface area contributed by atoms with Crippen molar-refractivity contribution in [2.24, 2.45) is 12.5 Å². The minimum atomic E-state index is 0.0690. The molecule has 0 radical (unpaired) electrons. The molecule has 1 spiro atoms. The molecule has 0 aromatic carbocycles. The molecular weight excluding hydrogens is 328 g/mol. The van der Waals surface area contributed by atoms with Crippen molar-refractivity contribution in [1.82, 2.24) is 19.6 Å². The van der Waals surface area contributed by atoms with Crippen molar-refractivity contribution < 1.29 is 9.59 Å². The quantitative estimate of drug-likeness (QED) is 0.829. The topological polar surface area (TPSA) is 58.4 Å². The smallest absolute Gasteiger partial charge is 0.257 e. The van der Waals surface area contributed by atoms with Gasteiger partial charge in [0.25, 0.3) is 5.91 Å². The number of piperidine rings is 2. The lowest BCUT2D eigenvalue weighted by Gasteiger charge is -2.48. The van der Waals surface area contributed by atoms with Gasteiger partial charge < -0.3 is 9.80 Å². The highest BCUT2D eigenvalue weighted by Gasteiger charge is 2.43. The van der Waals surface area contributed by atoms with Crippen molar-refractivity contribution in [3.05, 3.63) is 17.0 Å². The molecule has 2 saturated heterocycles. The molecule has 144 valence electrons. The van der Waals surface area contributed by atoms with Gasteiger partial charge in [0.2, 0.25) is 5.91 Å². The lowest BCUT2D eigenvalue weighted by molar-refractivity contribution is -0.139. The molecule has 3 rings (SSSR count). The van der Waals surface area contributed by atoms with E-state index in [1.807, 2.05) is 30.7 Å². The maximum Gasteiger partial charge on any atom is 0.257 e. The average Bonchev–Trinajstić information content (AvgIpc) is 2.87. The van der Waals surface area contributed by atoms with E-state index in [0.717, 1.165) is 75.2 Å². The van der Waals surface area contributed by atoms with Gasteiger partial charge in [0.15, 0.2) is 0 Å². The Hall–Kier alpha value is -1.85. The summed E-state index contributed by atoms with van der Waals surface area (Å²) in [4.78, 5) is 29.5. The van der Waals surface area contributed by atoms with Crippen molar-refractivity contribution in [3.8, 4) is 0 Å². The fraction of sp³-hybridized carbons (Fsp3) is 0.750. The van der Waals surface area contributed by atoms with Crippen LogP contribution < -0.4 is 0 Å². The SMILES string of the molecule is CCCCN1C[C@]2(CCCN(C(=O)c3c(C)nn(C)c3C)C2)CCC1=O. The van der Waals surface area contributed by atoms with Crippen LogP contribution in [-0.4, -0.2) is 57.6 Å². The van der Waals surface area contributed by atoms with E-state index in [4.69, 9.17) is 0 Å². The predicted octanol–water partition coefficient (Wildman–Crippen LogP) is 2.68. The van der Waals surface area contributed by atoms with E-state index in [1.54, 1.807) is 4.68 Å². The molecule has 6 heteroatoms. The zero-order valence-corrected chi connectivity index (χ0v) is 16.7. The summed E-state index contributed by atoms with van der Waals surface area (Å²) in [7, 11) is 1.88. The Morgan fingerprint density at radius 2 is 2.00 bits per heavy atom. The number of nitrogens with zero attached hydrogens (tertiary/aromatic N) is 4. The second-order valence-electron chi connectivity index (χ2n) is 8.17. The predicted molar refractivity (Wildman–Crippen MR) is 101 cm³/mol. The van der Waals surface area contributed by atoms with E-state index < -0.39 is 0 Å². The molecule has 0 bridgehead atoms. The van der Waals surface area contributed by atoms with Crippen LogP contribution in [0, 0.1) is 19.3 Å². The third-order valence-corrected chi connectivity index (χ3v) is 6.20. The van der Waals surface area contributed by atoms with E-state index in [2.05, 4.69) is 12.0 Å². The van der Waals surface area contributed by atoms with Crippen LogP contribution in [0.25, 0.3) is 0 Å². The third kappa shape index (κ3) is 3.51. The van der Waals surface area contributed by atoms with Gasteiger partial charge >= 0.3 is 0 Å². The maximum absolute atomic E-state index is 13.2. The monoisotopic (exact) mass is 360 g/mol. The van der Waals surface area contributed by atoms with Crippen LogP contribution in [0.2, 0.25) is 0 Å². The molecule has 0 aliphatic carbocycles. The summed E-state index contributed by atoms with van der Waals surface area (Å²) in [5.41, 5.74) is 2.55. The van der Waals surface area contributed by atoms with Gasteiger partial charge in [-0.05, 0) is 39.5 Å². The van der Waals surface area contributed by atoms with Crippen molar-refractivity contribution in [2.75, 3.05) is 26.2 Å². The summed E-state index contributed by atoms with van der Waals surface area (Å²) in [6, 6.07) is 0. The molecule has 2 aliphatic rings. The van der Waals surface area contributed by atoms with E-state index in [-0.39, 0.29) is 17.2 Å². The highest BCUT2D eigenvalue weighted by molar-refractivity contribution is 5.96. The Morgan fingerprint density at radius 3 is 2.65 bits per heavy atom. The van der Waals surface area contributed by atoms with Crippen molar-refractivity contribution in [1.29, 1.82) is 0 Å². The van der Waals surface area contributed by atoms with Gasteiger partial charge in [0.05, 0.1) is 11.3 Å². The van der Waals surface area contributed by atoms with Crippen LogP contribution in [0.15, 0.2) is 0 Å². The van der Waals surface area contributed by atoms with Crippen molar-refractivity contribution in [2.45, 2.75) is 59.3 Å². The highest BCUT2D eigenvalue weighted by atomic mass is 16.2. The van der Waals surface area contributed by atoms with Crippen LogP contribution >= 0.6 is 0 Å². The first kappa shape index (κ1) is 18.9. The lowest BCUT2D eigenvalue weighted by atomic mass is 9.73. The van der Waals surface area contributed by atoms with Crippen LogP contribution in [0.1, 0.15) is 67.2 Å². The molecule has 26 heavy (non-hydrogen) atoms. The molecule has 0 unspecified atom stereocenters. The Kier molecular flexibility index (Phi) is 5.39. The Balaban J connectivity index is 1.76. The summed E-state index contributed by atoms with van der Waals surface area (Å²) >= 11 is 0. The molecule has 3 heterocycles. The minimum absolute atomic E-state index is 0.0690. The molecule has 1 aromatic heterocycles. The Morgan fingerprint density at radius 1 is 1.23 bits per heavy atom. The first-order valence-corrected chi connectivity index (χ1v) is 9.94. The van der Waals surface area contributed by atoms with Gasteiger partial charge in [-0.25, -0.2) is 0 Å². The maximum atomic E-state index is 13.2. The molecule has 0 saturated carbocycles. The molecule has 1 aromatic rings. The van der Waals surface area contributed by atoms with Crippen molar-refractivity contribution in [3.63, 3.8) is 0 Å². The molecule has 2 fully saturated rings. The van der Waals surface area contributed by atoms with E-state index in [9.17, 15) is 9.59 Å². The van der Waals surface area contributed by atoms with E-state index in [1.165, 1.54) is 0 Å². The van der Waals surface area contributed by atoms with Crippen LogP contribution in [0.4, 0.5) is 0 Å². The zero-order chi connectivity index (χ0) is 18.9. The number of likely N-dealkylation sites (tertiary alicyclic amines) is 2. The molecule has 6 nitrogen and oxygen atoms in total. The number of carbonyl (C=O) groups excluding carboxylic acids is 2. The first-order valence-electron chi connectivity index (χ1n) is 9.94. The molecule has 2 aliphatic heterocycles. The average molecular weight is 361 g/mol. The fourth-order valence-corrected chi connectivity index (χ4v) is 4.61. The Bertz CT molecular complexity index is 696. The molecule has 0 N–H and O–H groups in total. The van der Waals surface area contributed by atoms with Gasteiger partial charge in [-0.2, -0.15) is 5.10 Å². The van der Waals surface area contributed by atoms with Gasteiger partial charge in [-0.15, -0.1) is 0 Å². The fourth-order valence-electron chi connectivity index (χ4n) is 4.61. The largest absolute Gasteiger partial charge is 0.342 e. The van der Waals surface area contributed by atoms with Gasteiger partial charge in [0.1, 0.15) is 0 Å². The van der Waals surface area contributed by atoms with Gasteiger partial charge in [-0.3, -0.25) is 14.3 Å². The van der Waals surface area contributed by atoms with Crippen LogP contribution in [0.5, 0.6) is 0 Å². The van der Waals surface area contributed by atoms with E-state index >= 15 is 0 Å². The number of carbonyl (C=O) groups is 2. The molecule has 2 amide bonds. The third-order valence-electron chi connectivity index (χ3n) is 6.20. The van der Waals surface area contributed by atoms with Crippen molar-refractivity contribution >= 4 is 11.8 Å². The van der Waals surface area contributed by atoms with Gasteiger partial charge in [-0.1, -0.05) is 13.3 Å². The number of amides is 2. The standard InChI is InChI=1S/C20H32N4O2/c1-5-6-11-23-13-20(10-8-17(23)25)9-7-12-24(14-20)19(26)18-15(2)21-22(4)16(18)3/h5-14H2,1-4H3/t20-/m0/s1. The lowest BCUT2D eigenvalue weighted by Crippen LogP contribution is -2.55. The normalized spacial score (nSPS) is 23.8. The molecule has 1 atom stereocenters. The number of hydrogen-bond donors (Lipinski definition) is 0. The summed E-state index contributed by atoms with van der Waals surface area (Å²) in [6.45, 7) is 9.24. The van der Waals surface area contributed by atoms with Crippen LogP contribution in [-0.2, 0) is 11.8 Å². The first-order chi connectivity index (χ1) is 12.4. The summed E-state index contributed by atoms with van der Waals surface area (Å²) in [5, 5.41) is 4.40. The number of hydrogen-bond acceptors (Lipinski definition) is 3. The second kappa shape index (κ2) is 7.41. The van der Waals surface area contributed by atoms with E-state index in [0.29, 0.717) is 6.42 Å². The van der Waals surface area contributed by atoms with Gasteiger partial charge in [0, 0.05) is 50.8 Å². The van der Waals surface area contributed by atoms with Crippen LogP contribution in [0.3, 0.4) is 0 Å². The summed E-state index contributed by atoms with van der Waals surface area (Å²) < 4.78 is 1.79. The number of unbranched alkanes of at least 4 members (excludes halogenated alkanes) is 1. The highest BCUT2D eigenvalue weighted by Crippen LogP contribution is 2.39.